The lowest BCUT2D eigenvalue weighted by atomic mass is 10.2. The zero-order valence-electron chi connectivity index (χ0n) is 16.3. The van der Waals surface area contributed by atoms with Crippen LogP contribution in [0.5, 0.6) is 5.75 Å². The Morgan fingerprint density at radius 2 is 1.71 bits per heavy atom. The van der Waals surface area contributed by atoms with Crippen LogP contribution in [0.3, 0.4) is 0 Å². The zero-order valence-corrected chi connectivity index (χ0v) is 17.2. The predicted octanol–water partition coefficient (Wildman–Crippen LogP) is 5.19. The van der Waals surface area contributed by atoms with Crippen molar-refractivity contribution in [3.8, 4) is 5.75 Å². The van der Waals surface area contributed by atoms with E-state index < -0.39 is 13.1 Å². The molecule has 0 aromatic heterocycles. The van der Waals surface area contributed by atoms with E-state index in [1.807, 2.05) is 0 Å². The fraction of sp³-hybridized carbons (Fsp3) is 0.381. The van der Waals surface area contributed by atoms with Gasteiger partial charge in [-0.15, -0.1) is 0 Å². The van der Waals surface area contributed by atoms with Gasteiger partial charge in [0, 0.05) is 12.3 Å². The number of ether oxygens (including phenoxy) is 1. The second kappa shape index (κ2) is 10.4. The van der Waals surface area contributed by atoms with E-state index in [2.05, 4.69) is 13.8 Å². The third-order valence-electron chi connectivity index (χ3n) is 4.56. The first-order valence-corrected chi connectivity index (χ1v) is 11.6. The number of anilines is 1. The molecule has 0 fully saturated rings. The fourth-order valence-corrected chi connectivity index (χ4v) is 6.21. The van der Waals surface area contributed by atoms with Crippen LogP contribution in [-0.4, -0.2) is 23.5 Å². The Labute approximate surface area is 166 Å². The van der Waals surface area contributed by atoms with Crippen molar-refractivity contribution in [1.82, 2.24) is 0 Å². The Bertz CT molecular complexity index is 825. The molecule has 0 saturated carbocycles. The van der Waals surface area contributed by atoms with Gasteiger partial charge >= 0.3 is 5.97 Å². The van der Waals surface area contributed by atoms with Gasteiger partial charge in [-0.05, 0) is 43.2 Å². The highest BCUT2D eigenvalue weighted by molar-refractivity contribution is 7.71. The van der Waals surface area contributed by atoms with Gasteiger partial charge in [0.2, 0.25) is 0 Å². The zero-order chi connectivity index (χ0) is 20.6. The summed E-state index contributed by atoms with van der Waals surface area (Å²) < 4.78 is 19.3. The largest absolute Gasteiger partial charge is 0.733 e. The Hall–Kier alpha value is -2.14. The summed E-state index contributed by atoms with van der Waals surface area (Å²) in [6.45, 7) is 4.12. The molecule has 28 heavy (non-hydrogen) atoms. The van der Waals surface area contributed by atoms with Gasteiger partial charge in [0.15, 0.2) is 0 Å². The lowest BCUT2D eigenvalue weighted by Crippen LogP contribution is -2.18. The Balaban J connectivity index is 2.33. The average Bonchev–Trinajstić information content (AvgIpc) is 2.71. The minimum Gasteiger partial charge on any atom is -0.733 e. The SMILES string of the molecule is CCCCP(=O)(CCCC)c1ccccc1OC(=O)c1cccc(N([O-])O)c1. The van der Waals surface area contributed by atoms with E-state index in [-0.39, 0.29) is 22.2 Å². The molecule has 0 aliphatic heterocycles. The molecular weight excluding hydrogens is 377 g/mol. The number of carbonyl (C=O) groups is 1. The highest BCUT2D eigenvalue weighted by atomic mass is 31.2. The molecule has 0 aliphatic rings. The minimum atomic E-state index is -2.69. The van der Waals surface area contributed by atoms with E-state index >= 15 is 0 Å². The predicted molar refractivity (Wildman–Crippen MR) is 112 cm³/mol. The van der Waals surface area contributed by atoms with Crippen molar-refractivity contribution in [3.05, 3.63) is 59.3 Å². The Morgan fingerprint density at radius 3 is 2.32 bits per heavy atom. The maximum Gasteiger partial charge on any atom is 0.343 e. The van der Waals surface area contributed by atoms with Crippen molar-refractivity contribution < 1.29 is 19.3 Å². The van der Waals surface area contributed by atoms with E-state index in [9.17, 15) is 14.6 Å². The fourth-order valence-electron chi connectivity index (χ4n) is 2.97. The number of benzene rings is 2. The van der Waals surface area contributed by atoms with Crippen LogP contribution in [0.2, 0.25) is 0 Å². The molecule has 0 spiro atoms. The molecule has 0 heterocycles. The van der Waals surface area contributed by atoms with Gasteiger partial charge in [-0.2, -0.15) is 0 Å². The topological polar surface area (TPSA) is 89.9 Å². The molecule has 0 saturated heterocycles. The molecule has 2 rings (SSSR count). The van der Waals surface area contributed by atoms with Crippen molar-refractivity contribution >= 4 is 24.1 Å². The van der Waals surface area contributed by atoms with Gasteiger partial charge in [0.25, 0.3) is 0 Å². The highest BCUT2D eigenvalue weighted by Gasteiger charge is 2.28. The van der Waals surface area contributed by atoms with E-state index in [4.69, 9.17) is 9.94 Å². The quantitative estimate of drug-likeness (QED) is 0.254. The van der Waals surface area contributed by atoms with Gasteiger partial charge in [-0.1, -0.05) is 44.9 Å². The van der Waals surface area contributed by atoms with Gasteiger partial charge in [0.1, 0.15) is 12.9 Å². The molecular formula is C21H27NO5P-. The summed E-state index contributed by atoms with van der Waals surface area (Å²) in [6.07, 6.45) is 4.75. The van der Waals surface area contributed by atoms with Crippen LogP contribution in [0, 0.1) is 5.21 Å². The number of esters is 1. The summed E-state index contributed by atoms with van der Waals surface area (Å²) in [7, 11) is -2.69. The molecule has 0 aliphatic carbocycles. The van der Waals surface area contributed by atoms with E-state index in [1.54, 1.807) is 24.3 Å². The second-order valence-electron chi connectivity index (χ2n) is 6.72. The monoisotopic (exact) mass is 404 g/mol. The van der Waals surface area contributed by atoms with Crippen molar-refractivity contribution in [2.24, 2.45) is 0 Å². The van der Waals surface area contributed by atoms with Crippen molar-refractivity contribution in [1.29, 1.82) is 0 Å². The first kappa shape index (κ1) is 22.2. The lowest BCUT2D eigenvalue weighted by Gasteiger charge is -2.22. The number of unbranched alkanes of at least 4 members (excludes halogenated alkanes) is 2. The molecule has 2 aromatic rings. The summed E-state index contributed by atoms with van der Waals surface area (Å²) in [5, 5.41) is 20.4. The van der Waals surface area contributed by atoms with E-state index in [0.29, 0.717) is 17.6 Å². The molecule has 0 unspecified atom stereocenters. The summed E-state index contributed by atoms with van der Waals surface area (Å²) in [5.74, 6) is -0.384. The molecule has 1 N–H and O–H groups in total. The maximum absolute atomic E-state index is 13.7. The first-order chi connectivity index (χ1) is 13.4. The van der Waals surface area contributed by atoms with Gasteiger partial charge < -0.3 is 19.7 Å². The summed E-state index contributed by atoms with van der Waals surface area (Å²) in [6, 6.07) is 12.6. The maximum atomic E-state index is 13.7. The third kappa shape index (κ3) is 5.68. The van der Waals surface area contributed by atoms with Gasteiger partial charge in [-0.25, -0.2) is 4.79 Å². The summed E-state index contributed by atoms with van der Waals surface area (Å²) >= 11 is 0. The van der Waals surface area contributed by atoms with Crippen LogP contribution < -0.4 is 15.3 Å². The molecule has 0 bridgehead atoms. The van der Waals surface area contributed by atoms with Gasteiger partial charge in [0.05, 0.1) is 16.6 Å². The molecule has 0 radical (unpaired) electrons. The number of rotatable bonds is 10. The minimum absolute atomic E-state index is 0.0701. The van der Waals surface area contributed by atoms with Crippen LogP contribution in [0.4, 0.5) is 5.69 Å². The summed E-state index contributed by atoms with van der Waals surface area (Å²) in [5.41, 5.74) is 0.0541. The normalized spacial score (nSPS) is 11.3. The van der Waals surface area contributed by atoms with Crippen LogP contribution in [-0.2, 0) is 4.57 Å². The molecule has 0 amide bonds. The standard InChI is InChI=1S/C21H27NO5P/c1-3-5-14-28(26,15-6-4-2)20-13-8-7-12-19(20)27-21(23)17-10-9-11-18(16-17)22(24)25/h7-13,16,24H,3-6,14-15H2,1-2H3/q-1. The molecule has 2 aromatic carbocycles. The molecule has 0 atom stereocenters. The molecule has 152 valence electrons. The molecule has 6 nitrogen and oxygen atoms in total. The van der Waals surface area contributed by atoms with Crippen molar-refractivity contribution in [2.45, 2.75) is 39.5 Å². The lowest BCUT2D eigenvalue weighted by molar-refractivity contribution is 0.0736. The number of hydrogen-bond donors (Lipinski definition) is 1. The second-order valence-corrected chi connectivity index (χ2v) is 9.88. The van der Waals surface area contributed by atoms with Gasteiger partial charge in [-0.3, -0.25) is 5.21 Å². The Kier molecular flexibility index (Phi) is 8.24. The first-order valence-electron chi connectivity index (χ1n) is 9.57. The van der Waals surface area contributed by atoms with Crippen LogP contribution in [0.25, 0.3) is 0 Å². The van der Waals surface area contributed by atoms with Crippen molar-refractivity contribution in [2.75, 3.05) is 17.6 Å². The van der Waals surface area contributed by atoms with E-state index in [1.165, 1.54) is 24.3 Å². The van der Waals surface area contributed by atoms with Crippen LogP contribution >= 0.6 is 7.14 Å². The number of nitrogens with zero attached hydrogens (tertiary/aromatic N) is 1. The van der Waals surface area contributed by atoms with Crippen LogP contribution in [0.15, 0.2) is 48.5 Å². The number of para-hydroxylation sites is 1. The highest BCUT2D eigenvalue weighted by Crippen LogP contribution is 2.48. The van der Waals surface area contributed by atoms with Crippen molar-refractivity contribution in [3.63, 3.8) is 0 Å². The number of hydrogen-bond acceptors (Lipinski definition) is 6. The summed E-state index contributed by atoms with van der Waals surface area (Å²) in [4.78, 5) is 12.6. The van der Waals surface area contributed by atoms with E-state index in [0.717, 1.165) is 25.7 Å². The smallest absolute Gasteiger partial charge is 0.343 e. The molecule has 7 heteroatoms. The van der Waals surface area contributed by atoms with Crippen LogP contribution in [0.1, 0.15) is 49.9 Å². The Morgan fingerprint density at radius 1 is 1.07 bits per heavy atom. The number of carbonyl (C=O) groups excluding carboxylic acids is 1. The third-order valence-corrected chi connectivity index (χ3v) is 7.88. The average molecular weight is 404 g/mol.